The van der Waals surface area contributed by atoms with Gasteiger partial charge in [0.25, 0.3) is 10.0 Å². The van der Waals surface area contributed by atoms with Crippen molar-refractivity contribution in [1.82, 2.24) is 9.97 Å². The zero-order valence-electron chi connectivity index (χ0n) is 10.8. The lowest BCUT2D eigenvalue weighted by Gasteiger charge is -2.09. The molecule has 0 aliphatic heterocycles. The minimum absolute atomic E-state index is 0.0228. The van der Waals surface area contributed by atoms with Crippen molar-refractivity contribution in [3.05, 3.63) is 36.5 Å². The second kappa shape index (κ2) is 5.74. The summed E-state index contributed by atoms with van der Waals surface area (Å²) < 4.78 is 31.8. The van der Waals surface area contributed by atoms with Gasteiger partial charge in [-0.2, -0.15) is 4.98 Å². The van der Waals surface area contributed by atoms with Gasteiger partial charge < -0.3 is 10.5 Å². The molecule has 0 saturated carbocycles. The van der Waals surface area contributed by atoms with Gasteiger partial charge in [-0.05, 0) is 19.1 Å². The van der Waals surface area contributed by atoms with Gasteiger partial charge in [0.05, 0.1) is 12.3 Å². The van der Waals surface area contributed by atoms with Crippen molar-refractivity contribution < 1.29 is 13.2 Å². The van der Waals surface area contributed by atoms with Crippen LogP contribution >= 0.6 is 0 Å². The first-order valence-corrected chi connectivity index (χ1v) is 7.34. The van der Waals surface area contributed by atoms with Crippen molar-refractivity contribution in [3.8, 4) is 5.88 Å². The van der Waals surface area contributed by atoms with E-state index in [1.165, 1.54) is 24.4 Å². The monoisotopic (exact) mass is 294 g/mol. The van der Waals surface area contributed by atoms with Crippen LogP contribution < -0.4 is 15.2 Å². The molecule has 3 N–H and O–H groups in total. The molecule has 8 heteroatoms. The van der Waals surface area contributed by atoms with Crippen molar-refractivity contribution in [2.75, 3.05) is 17.1 Å². The summed E-state index contributed by atoms with van der Waals surface area (Å²) >= 11 is 0. The molecule has 106 valence electrons. The molecule has 1 aromatic heterocycles. The van der Waals surface area contributed by atoms with E-state index in [1.54, 1.807) is 19.1 Å². The Labute approximate surface area is 116 Å². The number of para-hydroxylation sites is 1. The van der Waals surface area contributed by atoms with Gasteiger partial charge >= 0.3 is 0 Å². The number of benzene rings is 1. The molecular formula is C12H14N4O3S. The standard InChI is InChI=1S/C12H14N4O3S/c1-2-19-11-7-8-14-12(15-11)16-20(17,18)10-6-4-3-5-9(10)13/h3-8H,2,13H2,1H3,(H,14,15,16). The number of sulfonamides is 1. The molecule has 0 aliphatic carbocycles. The van der Waals surface area contributed by atoms with Gasteiger partial charge in [0, 0.05) is 12.3 Å². The van der Waals surface area contributed by atoms with Crippen molar-refractivity contribution in [2.24, 2.45) is 0 Å². The van der Waals surface area contributed by atoms with Crippen LogP contribution in [0.1, 0.15) is 6.92 Å². The van der Waals surface area contributed by atoms with Crippen LogP contribution in [0.15, 0.2) is 41.4 Å². The van der Waals surface area contributed by atoms with E-state index in [4.69, 9.17) is 10.5 Å². The van der Waals surface area contributed by atoms with E-state index in [9.17, 15) is 8.42 Å². The van der Waals surface area contributed by atoms with Gasteiger partial charge in [-0.15, -0.1) is 0 Å². The van der Waals surface area contributed by atoms with Crippen molar-refractivity contribution in [1.29, 1.82) is 0 Å². The molecule has 1 aromatic carbocycles. The second-order valence-corrected chi connectivity index (χ2v) is 5.45. The van der Waals surface area contributed by atoms with E-state index < -0.39 is 10.0 Å². The van der Waals surface area contributed by atoms with E-state index in [1.807, 2.05) is 0 Å². The van der Waals surface area contributed by atoms with Gasteiger partial charge in [-0.25, -0.2) is 18.1 Å². The third-order valence-electron chi connectivity index (χ3n) is 2.36. The maximum Gasteiger partial charge on any atom is 0.266 e. The molecule has 0 amide bonds. The predicted molar refractivity (Wildman–Crippen MR) is 74.9 cm³/mol. The van der Waals surface area contributed by atoms with E-state index in [-0.39, 0.29) is 16.5 Å². The fourth-order valence-electron chi connectivity index (χ4n) is 1.52. The van der Waals surface area contributed by atoms with Crippen molar-refractivity contribution in [3.63, 3.8) is 0 Å². The molecule has 0 bridgehead atoms. The average Bonchev–Trinajstić information content (AvgIpc) is 2.39. The van der Waals surface area contributed by atoms with Crippen LogP contribution in [-0.2, 0) is 10.0 Å². The van der Waals surface area contributed by atoms with Gasteiger partial charge in [0.15, 0.2) is 0 Å². The van der Waals surface area contributed by atoms with E-state index in [0.29, 0.717) is 12.5 Å². The Morgan fingerprint density at radius 1 is 1.30 bits per heavy atom. The summed E-state index contributed by atoms with van der Waals surface area (Å²) in [6.45, 7) is 2.23. The van der Waals surface area contributed by atoms with Crippen molar-refractivity contribution >= 4 is 21.7 Å². The summed E-state index contributed by atoms with van der Waals surface area (Å²) in [6.07, 6.45) is 1.41. The summed E-state index contributed by atoms with van der Waals surface area (Å²) in [6, 6.07) is 7.69. The van der Waals surface area contributed by atoms with Gasteiger partial charge in [-0.1, -0.05) is 12.1 Å². The molecule has 2 rings (SSSR count). The Balaban J connectivity index is 2.29. The zero-order chi connectivity index (χ0) is 14.6. The number of nitrogens with one attached hydrogen (secondary N) is 1. The Bertz CT molecular complexity index is 703. The molecule has 0 radical (unpaired) electrons. The molecule has 0 atom stereocenters. The van der Waals surface area contributed by atoms with Crippen LogP contribution in [0.4, 0.5) is 11.6 Å². The maximum atomic E-state index is 12.2. The van der Waals surface area contributed by atoms with E-state index >= 15 is 0 Å². The first-order valence-electron chi connectivity index (χ1n) is 5.86. The number of nitrogens with two attached hydrogens (primary N) is 1. The number of anilines is 2. The Morgan fingerprint density at radius 2 is 2.05 bits per heavy atom. The Hall–Kier alpha value is -2.35. The lowest BCUT2D eigenvalue weighted by atomic mass is 10.3. The smallest absolute Gasteiger partial charge is 0.266 e. The van der Waals surface area contributed by atoms with E-state index in [2.05, 4.69) is 14.7 Å². The first kappa shape index (κ1) is 14.1. The summed E-state index contributed by atoms with van der Waals surface area (Å²) in [5.74, 6) is 0.223. The molecule has 0 fully saturated rings. The number of nitrogen functional groups attached to an aromatic ring is 1. The molecule has 0 saturated heterocycles. The largest absolute Gasteiger partial charge is 0.478 e. The topological polar surface area (TPSA) is 107 Å². The van der Waals surface area contributed by atoms with Gasteiger partial charge in [-0.3, -0.25) is 0 Å². The third-order valence-corrected chi connectivity index (χ3v) is 3.76. The highest BCUT2D eigenvalue weighted by Crippen LogP contribution is 2.20. The number of aromatic nitrogens is 2. The van der Waals surface area contributed by atoms with Crippen LogP contribution in [0.25, 0.3) is 0 Å². The number of hydrogen-bond donors (Lipinski definition) is 2. The number of rotatable bonds is 5. The lowest BCUT2D eigenvalue weighted by Crippen LogP contribution is -2.16. The molecule has 20 heavy (non-hydrogen) atoms. The van der Waals surface area contributed by atoms with Crippen LogP contribution in [-0.4, -0.2) is 25.0 Å². The predicted octanol–water partition coefficient (Wildman–Crippen LogP) is 1.26. The van der Waals surface area contributed by atoms with Gasteiger partial charge in [0.2, 0.25) is 11.8 Å². The molecule has 2 aromatic rings. The van der Waals surface area contributed by atoms with Gasteiger partial charge in [0.1, 0.15) is 4.90 Å². The number of nitrogens with zero attached hydrogens (tertiary/aromatic N) is 2. The minimum Gasteiger partial charge on any atom is -0.478 e. The lowest BCUT2D eigenvalue weighted by molar-refractivity contribution is 0.327. The fourth-order valence-corrected chi connectivity index (χ4v) is 2.60. The summed E-state index contributed by atoms with van der Waals surface area (Å²) in [5, 5.41) is 0. The summed E-state index contributed by atoms with van der Waals surface area (Å²) in [4.78, 5) is 7.76. The molecular weight excluding hydrogens is 280 g/mol. The SMILES string of the molecule is CCOc1ccnc(NS(=O)(=O)c2ccccc2N)n1. The van der Waals surface area contributed by atoms with E-state index in [0.717, 1.165) is 0 Å². The molecule has 0 spiro atoms. The highest BCUT2D eigenvalue weighted by Gasteiger charge is 2.18. The van der Waals surface area contributed by atoms with Crippen LogP contribution in [0.2, 0.25) is 0 Å². The van der Waals surface area contributed by atoms with Crippen LogP contribution in [0.3, 0.4) is 0 Å². The fraction of sp³-hybridized carbons (Fsp3) is 0.167. The average molecular weight is 294 g/mol. The highest BCUT2D eigenvalue weighted by molar-refractivity contribution is 7.92. The number of ether oxygens (including phenoxy) is 1. The highest BCUT2D eigenvalue weighted by atomic mass is 32.2. The number of hydrogen-bond acceptors (Lipinski definition) is 6. The quantitative estimate of drug-likeness (QED) is 0.804. The van der Waals surface area contributed by atoms with Crippen LogP contribution in [0, 0.1) is 0 Å². The third kappa shape index (κ3) is 3.15. The summed E-state index contributed by atoms with van der Waals surface area (Å²) in [5.41, 5.74) is 5.81. The molecule has 0 unspecified atom stereocenters. The molecule has 1 heterocycles. The maximum absolute atomic E-state index is 12.2. The second-order valence-electron chi connectivity index (χ2n) is 3.79. The first-order chi connectivity index (χ1) is 9.53. The normalized spacial score (nSPS) is 11.1. The Kier molecular flexibility index (Phi) is 4.04. The minimum atomic E-state index is -3.83. The van der Waals surface area contributed by atoms with Crippen LogP contribution in [0.5, 0.6) is 5.88 Å². The summed E-state index contributed by atoms with van der Waals surface area (Å²) in [7, 11) is -3.83. The Morgan fingerprint density at radius 3 is 2.75 bits per heavy atom. The van der Waals surface area contributed by atoms with Crippen molar-refractivity contribution in [2.45, 2.75) is 11.8 Å². The zero-order valence-corrected chi connectivity index (χ0v) is 11.6. The molecule has 0 aliphatic rings. The molecule has 7 nitrogen and oxygen atoms in total.